The summed E-state index contributed by atoms with van der Waals surface area (Å²) >= 11 is 6.20. The zero-order chi connectivity index (χ0) is 18.2. The Balaban J connectivity index is 1.44. The number of anilines is 2. The first-order valence-corrected chi connectivity index (χ1v) is 9.49. The molecule has 5 rings (SSSR count). The van der Waals surface area contributed by atoms with Gasteiger partial charge < -0.3 is 9.80 Å². The molecule has 0 bridgehead atoms. The Morgan fingerprint density at radius 3 is 2.59 bits per heavy atom. The third-order valence-corrected chi connectivity index (χ3v) is 5.31. The predicted octanol–water partition coefficient (Wildman–Crippen LogP) is 3.21. The molecule has 1 fully saturated rings. The zero-order valence-corrected chi connectivity index (χ0v) is 15.5. The normalized spacial score (nSPS) is 16.0. The van der Waals surface area contributed by atoms with Gasteiger partial charge in [0.2, 0.25) is 5.95 Å². The molecule has 0 saturated carbocycles. The second-order valence-corrected chi connectivity index (χ2v) is 7.16. The fourth-order valence-electron chi connectivity index (χ4n) is 3.72. The van der Waals surface area contributed by atoms with Gasteiger partial charge in [0.1, 0.15) is 11.6 Å². The summed E-state index contributed by atoms with van der Waals surface area (Å²) in [6, 6.07) is 12.0. The van der Waals surface area contributed by atoms with Crippen molar-refractivity contribution >= 4 is 29.4 Å². The van der Waals surface area contributed by atoms with Crippen LogP contribution < -0.4 is 9.80 Å². The van der Waals surface area contributed by atoms with Crippen LogP contribution in [0.3, 0.4) is 0 Å². The summed E-state index contributed by atoms with van der Waals surface area (Å²) in [7, 11) is 0. The number of nitrogens with zero attached hydrogens (tertiary/aromatic N) is 6. The Morgan fingerprint density at radius 1 is 0.926 bits per heavy atom. The highest BCUT2D eigenvalue weighted by Gasteiger charge is 2.25. The number of piperazine rings is 1. The molecule has 3 aromatic rings. The van der Waals surface area contributed by atoms with E-state index in [0.717, 1.165) is 66.5 Å². The zero-order valence-electron chi connectivity index (χ0n) is 14.8. The average molecular weight is 379 g/mol. The van der Waals surface area contributed by atoms with Gasteiger partial charge in [0.05, 0.1) is 5.69 Å². The first-order chi connectivity index (χ1) is 13.3. The number of hydrogen-bond acceptors (Lipinski definition) is 5. The van der Waals surface area contributed by atoms with E-state index in [9.17, 15) is 0 Å². The number of allylic oxidation sites excluding steroid dienone is 1. The highest BCUT2D eigenvalue weighted by atomic mass is 35.5. The molecule has 4 heterocycles. The first-order valence-electron chi connectivity index (χ1n) is 9.11. The van der Waals surface area contributed by atoms with E-state index in [-0.39, 0.29) is 0 Å². The van der Waals surface area contributed by atoms with Gasteiger partial charge in [-0.05, 0) is 35.9 Å². The topological polar surface area (TPSA) is 50.1 Å². The minimum Gasteiger partial charge on any atom is -0.353 e. The van der Waals surface area contributed by atoms with Crippen molar-refractivity contribution in [3.8, 4) is 5.69 Å². The molecular formula is C20H19ClN6. The van der Waals surface area contributed by atoms with Crippen molar-refractivity contribution in [1.82, 2.24) is 19.7 Å². The Bertz CT molecular complexity index is 989. The van der Waals surface area contributed by atoms with E-state index in [0.29, 0.717) is 0 Å². The van der Waals surface area contributed by atoms with Gasteiger partial charge in [0, 0.05) is 43.8 Å². The van der Waals surface area contributed by atoms with Crippen LogP contribution in [0.5, 0.6) is 0 Å². The van der Waals surface area contributed by atoms with E-state index in [1.165, 1.54) is 0 Å². The maximum absolute atomic E-state index is 6.20. The van der Waals surface area contributed by atoms with Gasteiger partial charge in [-0.3, -0.25) is 4.57 Å². The molecule has 27 heavy (non-hydrogen) atoms. The lowest BCUT2D eigenvalue weighted by molar-refractivity contribution is 0.630. The van der Waals surface area contributed by atoms with Crippen molar-refractivity contribution < 1.29 is 0 Å². The Hall–Kier alpha value is -2.86. The van der Waals surface area contributed by atoms with E-state index >= 15 is 0 Å². The number of pyridine rings is 1. The van der Waals surface area contributed by atoms with Crippen LogP contribution in [0.25, 0.3) is 11.8 Å². The molecule has 2 aromatic heterocycles. The van der Waals surface area contributed by atoms with Crippen LogP contribution in [0.4, 0.5) is 11.8 Å². The summed E-state index contributed by atoms with van der Waals surface area (Å²) in [6.07, 6.45) is 6.83. The van der Waals surface area contributed by atoms with E-state index in [4.69, 9.17) is 11.6 Å². The van der Waals surface area contributed by atoms with Gasteiger partial charge in [-0.25, -0.2) is 4.98 Å². The third kappa shape index (κ3) is 2.96. The molecule has 6 nitrogen and oxygen atoms in total. The lowest BCUT2D eigenvalue weighted by atomic mass is 10.1. The van der Waals surface area contributed by atoms with Crippen LogP contribution in [0, 0.1) is 0 Å². The summed E-state index contributed by atoms with van der Waals surface area (Å²) in [5.41, 5.74) is 2.17. The van der Waals surface area contributed by atoms with E-state index in [2.05, 4.69) is 47.8 Å². The van der Waals surface area contributed by atoms with Crippen LogP contribution in [0.15, 0.2) is 48.7 Å². The van der Waals surface area contributed by atoms with Crippen molar-refractivity contribution in [2.75, 3.05) is 36.0 Å². The number of rotatable bonds is 2. The predicted molar refractivity (Wildman–Crippen MR) is 108 cm³/mol. The van der Waals surface area contributed by atoms with Crippen LogP contribution in [-0.2, 0) is 6.42 Å². The van der Waals surface area contributed by atoms with Crippen LogP contribution >= 0.6 is 11.6 Å². The second kappa shape index (κ2) is 6.70. The molecule has 0 atom stereocenters. The van der Waals surface area contributed by atoms with Gasteiger partial charge in [-0.15, -0.1) is 10.2 Å². The average Bonchev–Trinajstić information content (AvgIpc) is 3.04. The molecule has 0 amide bonds. The second-order valence-electron chi connectivity index (χ2n) is 6.72. The minimum atomic E-state index is 0.737. The quantitative estimate of drug-likeness (QED) is 0.685. The minimum absolute atomic E-state index is 0.737. The molecule has 0 aliphatic carbocycles. The van der Waals surface area contributed by atoms with Crippen molar-refractivity contribution in [3.05, 3.63) is 65.1 Å². The fraction of sp³-hybridized carbons (Fsp3) is 0.250. The third-order valence-electron chi connectivity index (χ3n) is 5.08. The summed E-state index contributed by atoms with van der Waals surface area (Å²) < 4.78 is 2.17. The van der Waals surface area contributed by atoms with E-state index in [1.807, 2.05) is 36.5 Å². The first kappa shape index (κ1) is 16.3. The van der Waals surface area contributed by atoms with Crippen LogP contribution in [0.2, 0.25) is 5.02 Å². The lowest BCUT2D eigenvalue weighted by Gasteiger charge is -2.35. The molecule has 1 saturated heterocycles. The number of aromatic nitrogens is 4. The van der Waals surface area contributed by atoms with Crippen molar-refractivity contribution in [2.45, 2.75) is 6.42 Å². The standard InChI is InChI=1S/C20H19ClN6/c21-16-7-8-17-15(14-16)4-3-6-19-23-24-20(27(17)19)26-12-10-25(11-13-26)18-5-1-2-9-22-18/h1-5,7-9,14H,6,10-13H2. The molecule has 136 valence electrons. The van der Waals surface area contributed by atoms with Gasteiger partial charge in [0.25, 0.3) is 0 Å². The van der Waals surface area contributed by atoms with Crippen molar-refractivity contribution in [1.29, 1.82) is 0 Å². The van der Waals surface area contributed by atoms with Gasteiger partial charge in [-0.2, -0.15) is 0 Å². The fourth-order valence-corrected chi connectivity index (χ4v) is 3.90. The summed E-state index contributed by atoms with van der Waals surface area (Å²) in [5, 5.41) is 9.71. The summed E-state index contributed by atoms with van der Waals surface area (Å²) in [6.45, 7) is 3.58. The van der Waals surface area contributed by atoms with E-state index in [1.54, 1.807) is 0 Å². The number of halogens is 1. The monoisotopic (exact) mass is 378 g/mol. The highest BCUT2D eigenvalue weighted by molar-refractivity contribution is 6.30. The van der Waals surface area contributed by atoms with Crippen molar-refractivity contribution in [2.24, 2.45) is 0 Å². The van der Waals surface area contributed by atoms with Crippen LogP contribution in [-0.4, -0.2) is 45.9 Å². The Labute approximate surface area is 162 Å². The van der Waals surface area contributed by atoms with Gasteiger partial charge >= 0.3 is 0 Å². The Morgan fingerprint density at radius 2 is 1.78 bits per heavy atom. The van der Waals surface area contributed by atoms with Crippen LogP contribution in [0.1, 0.15) is 11.4 Å². The smallest absolute Gasteiger partial charge is 0.232 e. The maximum Gasteiger partial charge on any atom is 0.232 e. The van der Waals surface area contributed by atoms with E-state index < -0.39 is 0 Å². The maximum atomic E-state index is 6.20. The largest absolute Gasteiger partial charge is 0.353 e. The molecule has 0 N–H and O–H groups in total. The highest BCUT2D eigenvalue weighted by Crippen LogP contribution is 2.29. The molecule has 0 radical (unpaired) electrons. The molecule has 0 unspecified atom stereocenters. The molecular weight excluding hydrogens is 360 g/mol. The SMILES string of the molecule is Clc1ccc2c(c1)C=CCc1nnc(N3CCN(c4ccccn4)CC3)n1-2. The molecule has 7 heteroatoms. The number of fused-ring (bicyclic) bond motifs is 3. The molecule has 2 aliphatic heterocycles. The molecule has 1 aromatic carbocycles. The summed E-state index contributed by atoms with van der Waals surface area (Å²) in [5.74, 6) is 2.88. The number of hydrogen-bond donors (Lipinski definition) is 0. The lowest BCUT2D eigenvalue weighted by Crippen LogP contribution is -2.47. The summed E-state index contributed by atoms with van der Waals surface area (Å²) in [4.78, 5) is 9.08. The molecule has 0 spiro atoms. The Kier molecular flexibility index (Phi) is 4.05. The van der Waals surface area contributed by atoms with Gasteiger partial charge in [0.15, 0.2) is 0 Å². The van der Waals surface area contributed by atoms with Crippen molar-refractivity contribution in [3.63, 3.8) is 0 Å². The molecule has 2 aliphatic rings. The van der Waals surface area contributed by atoms with Gasteiger partial charge in [-0.1, -0.05) is 29.8 Å². The number of benzene rings is 1.